The van der Waals surface area contributed by atoms with Crippen molar-refractivity contribution in [1.82, 2.24) is 10.3 Å². The number of nitro groups is 1. The molecule has 1 aromatic carbocycles. The highest BCUT2D eigenvalue weighted by Crippen LogP contribution is 2.22. The molecule has 0 aliphatic carbocycles. The Labute approximate surface area is 124 Å². The topological polar surface area (TPSA) is 68.1 Å². The molecule has 110 valence electrons. The van der Waals surface area contributed by atoms with Gasteiger partial charge in [-0.05, 0) is 30.7 Å². The Morgan fingerprint density at radius 1 is 1.19 bits per heavy atom. The summed E-state index contributed by atoms with van der Waals surface area (Å²) >= 11 is 0. The number of aromatic nitrogens is 1. The molecule has 0 saturated carbocycles. The van der Waals surface area contributed by atoms with Crippen LogP contribution in [0.25, 0.3) is 11.3 Å². The van der Waals surface area contributed by atoms with E-state index in [2.05, 4.69) is 30.2 Å². The molecule has 0 unspecified atom stereocenters. The summed E-state index contributed by atoms with van der Waals surface area (Å²) in [6.45, 7) is 6.98. The molecule has 0 spiro atoms. The quantitative estimate of drug-likeness (QED) is 0.674. The predicted molar refractivity (Wildman–Crippen MR) is 83.0 cm³/mol. The molecule has 2 aromatic rings. The van der Waals surface area contributed by atoms with Gasteiger partial charge in [0.25, 0.3) is 5.69 Å². The Morgan fingerprint density at radius 3 is 2.38 bits per heavy atom. The fourth-order valence-electron chi connectivity index (χ4n) is 2.01. The fourth-order valence-corrected chi connectivity index (χ4v) is 2.01. The molecule has 1 heterocycles. The van der Waals surface area contributed by atoms with Crippen molar-refractivity contribution in [2.75, 3.05) is 0 Å². The first-order chi connectivity index (χ1) is 9.97. The van der Waals surface area contributed by atoms with Crippen LogP contribution >= 0.6 is 0 Å². The smallest absolute Gasteiger partial charge is 0.269 e. The van der Waals surface area contributed by atoms with E-state index in [-0.39, 0.29) is 5.69 Å². The van der Waals surface area contributed by atoms with E-state index >= 15 is 0 Å². The van der Waals surface area contributed by atoms with Crippen molar-refractivity contribution in [2.45, 2.75) is 33.4 Å². The molecule has 0 radical (unpaired) electrons. The van der Waals surface area contributed by atoms with Crippen molar-refractivity contribution in [2.24, 2.45) is 0 Å². The lowest BCUT2D eigenvalue weighted by Gasteiger charge is -2.11. The van der Waals surface area contributed by atoms with Gasteiger partial charge in [-0.1, -0.05) is 19.9 Å². The summed E-state index contributed by atoms with van der Waals surface area (Å²) in [4.78, 5) is 14.8. The van der Waals surface area contributed by atoms with Crippen LogP contribution in [0.1, 0.15) is 25.1 Å². The highest BCUT2D eigenvalue weighted by molar-refractivity contribution is 5.61. The first-order valence-corrected chi connectivity index (χ1v) is 6.92. The van der Waals surface area contributed by atoms with Crippen molar-refractivity contribution < 1.29 is 4.92 Å². The van der Waals surface area contributed by atoms with E-state index in [1.54, 1.807) is 12.1 Å². The number of nitro benzene ring substituents is 1. The van der Waals surface area contributed by atoms with Gasteiger partial charge in [0.2, 0.25) is 0 Å². The third kappa shape index (κ3) is 3.86. The van der Waals surface area contributed by atoms with E-state index in [4.69, 9.17) is 0 Å². The first kappa shape index (κ1) is 15.1. The van der Waals surface area contributed by atoms with Gasteiger partial charge in [-0.3, -0.25) is 15.1 Å². The second-order valence-electron chi connectivity index (χ2n) is 5.28. The molecule has 0 fully saturated rings. The summed E-state index contributed by atoms with van der Waals surface area (Å²) in [5, 5.41) is 14.0. The van der Waals surface area contributed by atoms with Crippen molar-refractivity contribution >= 4 is 5.69 Å². The van der Waals surface area contributed by atoms with Crippen molar-refractivity contribution in [3.05, 3.63) is 57.8 Å². The third-order valence-electron chi connectivity index (χ3n) is 3.27. The van der Waals surface area contributed by atoms with E-state index in [1.807, 2.05) is 13.0 Å². The number of hydrogen-bond acceptors (Lipinski definition) is 4. The van der Waals surface area contributed by atoms with Gasteiger partial charge in [0, 0.05) is 36.0 Å². The van der Waals surface area contributed by atoms with Gasteiger partial charge in [0.1, 0.15) is 0 Å². The summed E-state index contributed by atoms with van der Waals surface area (Å²) < 4.78 is 0. The largest absolute Gasteiger partial charge is 0.310 e. The Balaban J connectivity index is 2.21. The second-order valence-corrected chi connectivity index (χ2v) is 5.28. The van der Waals surface area contributed by atoms with E-state index in [0.29, 0.717) is 6.04 Å². The number of benzene rings is 1. The van der Waals surface area contributed by atoms with Crippen LogP contribution in [0.2, 0.25) is 0 Å². The molecule has 5 heteroatoms. The maximum atomic E-state index is 10.7. The maximum Gasteiger partial charge on any atom is 0.269 e. The minimum absolute atomic E-state index is 0.0909. The van der Waals surface area contributed by atoms with Gasteiger partial charge in [0.15, 0.2) is 0 Å². The van der Waals surface area contributed by atoms with E-state index < -0.39 is 4.92 Å². The first-order valence-electron chi connectivity index (χ1n) is 6.92. The average molecular weight is 285 g/mol. The molecule has 0 bridgehead atoms. The molecule has 0 aliphatic heterocycles. The molecule has 1 aromatic heterocycles. The van der Waals surface area contributed by atoms with Crippen LogP contribution in [0, 0.1) is 17.0 Å². The number of aryl methyl sites for hydroxylation is 1. The van der Waals surface area contributed by atoms with Crippen molar-refractivity contribution in [1.29, 1.82) is 0 Å². The van der Waals surface area contributed by atoms with E-state index in [9.17, 15) is 10.1 Å². The lowest BCUT2D eigenvalue weighted by Crippen LogP contribution is -2.22. The normalized spacial score (nSPS) is 10.9. The SMILES string of the molecule is Cc1nc(-c2ccc([N+](=O)[O-])cc2)ccc1CNC(C)C. The standard InChI is InChI=1S/C16H19N3O2/c1-11(2)17-10-14-6-9-16(18-12(14)3)13-4-7-15(8-5-13)19(20)21/h4-9,11,17H,10H2,1-3H3. The number of nitrogens with zero attached hydrogens (tertiary/aromatic N) is 2. The molecule has 1 N–H and O–H groups in total. The van der Waals surface area contributed by atoms with Crippen LogP contribution in [-0.4, -0.2) is 15.9 Å². The molecular formula is C16H19N3O2. The number of nitrogens with one attached hydrogen (secondary N) is 1. The van der Waals surface area contributed by atoms with Gasteiger partial charge in [-0.25, -0.2) is 0 Å². The zero-order chi connectivity index (χ0) is 15.4. The maximum absolute atomic E-state index is 10.7. The minimum atomic E-state index is -0.400. The summed E-state index contributed by atoms with van der Waals surface area (Å²) in [6, 6.07) is 10.9. The highest BCUT2D eigenvalue weighted by Gasteiger charge is 2.08. The molecule has 0 aliphatic rings. The van der Waals surface area contributed by atoms with Gasteiger partial charge in [0.05, 0.1) is 10.6 Å². The van der Waals surface area contributed by atoms with Crippen LogP contribution < -0.4 is 5.32 Å². The summed E-state index contributed by atoms with van der Waals surface area (Å²) in [6.07, 6.45) is 0. The second kappa shape index (κ2) is 6.45. The Hall–Kier alpha value is -2.27. The highest BCUT2D eigenvalue weighted by atomic mass is 16.6. The molecule has 0 amide bonds. The monoisotopic (exact) mass is 285 g/mol. The van der Waals surface area contributed by atoms with Gasteiger partial charge in [-0.15, -0.1) is 0 Å². The van der Waals surface area contributed by atoms with E-state index in [0.717, 1.165) is 29.1 Å². The zero-order valence-corrected chi connectivity index (χ0v) is 12.5. The molecule has 0 atom stereocenters. The third-order valence-corrected chi connectivity index (χ3v) is 3.27. The number of rotatable bonds is 5. The summed E-state index contributed by atoms with van der Waals surface area (Å²) in [7, 11) is 0. The molecule has 21 heavy (non-hydrogen) atoms. The lowest BCUT2D eigenvalue weighted by atomic mass is 10.1. The average Bonchev–Trinajstić information content (AvgIpc) is 2.46. The Morgan fingerprint density at radius 2 is 1.86 bits per heavy atom. The minimum Gasteiger partial charge on any atom is -0.310 e. The van der Waals surface area contributed by atoms with Crippen LogP contribution in [0.3, 0.4) is 0 Å². The number of non-ortho nitro benzene ring substituents is 1. The van der Waals surface area contributed by atoms with Gasteiger partial charge < -0.3 is 5.32 Å². The predicted octanol–water partition coefficient (Wildman–Crippen LogP) is 3.46. The number of hydrogen-bond donors (Lipinski definition) is 1. The Kier molecular flexibility index (Phi) is 4.65. The van der Waals surface area contributed by atoms with Crippen LogP contribution in [0.15, 0.2) is 36.4 Å². The molecular weight excluding hydrogens is 266 g/mol. The fraction of sp³-hybridized carbons (Fsp3) is 0.312. The van der Waals surface area contributed by atoms with Crippen molar-refractivity contribution in [3.8, 4) is 11.3 Å². The zero-order valence-electron chi connectivity index (χ0n) is 12.5. The molecule has 0 saturated heterocycles. The van der Waals surface area contributed by atoms with Gasteiger partial charge >= 0.3 is 0 Å². The molecule has 5 nitrogen and oxygen atoms in total. The number of pyridine rings is 1. The van der Waals surface area contributed by atoms with Gasteiger partial charge in [-0.2, -0.15) is 0 Å². The Bertz CT molecular complexity index is 636. The summed E-state index contributed by atoms with van der Waals surface area (Å²) in [5.74, 6) is 0. The van der Waals surface area contributed by atoms with E-state index in [1.165, 1.54) is 12.1 Å². The van der Waals surface area contributed by atoms with Crippen LogP contribution in [0.4, 0.5) is 5.69 Å². The summed E-state index contributed by atoms with van der Waals surface area (Å²) in [5.41, 5.74) is 3.93. The lowest BCUT2D eigenvalue weighted by molar-refractivity contribution is -0.384. The van der Waals surface area contributed by atoms with Crippen molar-refractivity contribution in [3.63, 3.8) is 0 Å². The van der Waals surface area contributed by atoms with Crippen LogP contribution in [0.5, 0.6) is 0 Å². The molecule has 2 rings (SSSR count). The van der Waals surface area contributed by atoms with Crippen LogP contribution in [-0.2, 0) is 6.54 Å².